The summed E-state index contributed by atoms with van der Waals surface area (Å²) in [4.78, 5) is 125. The molecule has 12 aromatic heterocycles. The van der Waals surface area contributed by atoms with Gasteiger partial charge in [0.25, 0.3) is 0 Å². The third-order valence-corrected chi connectivity index (χ3v) is 24.4. The van der Waals surface area contributed by atoms with Crippen LogP contribution in [0.4, 0.5) is 93.5 Å². The van der Waals surface area contributed by atoms with E-state index in [0.717, 1.165) is 79.2 Å². The van der Waals surface area contributed by atoms with Crippen LogP contribution in [-0.4, -0.2) is 122 Å². The lowest BCUT2D eigenvalue weighted by Gasteiger charge is -2.18. The third-order valence-electron chi connectivity index (χ3n) is 24.4. The summed E-state index contributed by atoms with van der Waals surface area (Å²) in [6.45, 7) is 13.1. The molecule has 760 valence electrons. The van der Waals surface area contributed by atoms with Crippen LogP contribution in [0, 0.1) is 23.3 Å². The maximum atomic E-state index is 15.1. The summed E-state index contributed by atoms with van der Waals surface area (Å²) < 4.78 is 244. The number of aryl methyl sites for hydroxylation is 4. The Labute approximate surface area is 838 Å². The summed E-state index contributed by atoms with van der Waals surface area (Å²) >= 11 is 0. The summed E-state index contributed by atoms with van der Waals surface area (Å²) in [6.07, 6.45) is -2.41. The van der Waals surface area contributed by atoms with Crippen molar-refractivity contribution in [1.29, 1.82) is 0 Å². The highest BCUT2D eigenvalue weighted by atomic mass is 19.4. The SMILES string of the molecule is CC(C)c1ncccc1-c1ncc2c(n1)N(Cc1cc(F)c(-c3nc(C(F)(F)F)cn3C)c(F)c1)C(=O)C2.CC(C)c1ncccc1-c1ncc2c(n1)N(Cc1ccc(-c3nc(C(F)(F)F)cn3C)c(F)c1)C(=O)C2.CC(C)c1ncccc1-c1ncc2c(n1)N(Cc1ccc(-c3nc(C(F)(F)F)cn3C)cc1F)C(=O)C2.[2H]C([2H])([2H])n1cc(C(F)(F)F)nc1-c1ccc(CN2C(=O)Cc3cnc(-c4cccnc4C(C)C)nc32)cc1. The summed E-state index contributed by atoms with van der Waals surface area (Å²) in [5.74, 6) is -1.74. The smallest absolute Gasteiger partial charge is 0.333 e. The van der Waals surface area contributed by atoms with Crippen molar-refractivity contribution >= 4 is 46.9 Å². The van der Waals surface area contributed by atoms with Crippen LogP contribution in [0.25, 0.3) is 91.1 Å². The van der Waals surface area contributed by atoms with Gasteiger partial charge < -0.3 is 18.3 Å². The first-order valence-corrected chi connectivity index (χ1v) is 45.9. The van der Waals surface area contributed by atoms with Crippen molar-refractivity contribution in [2.45, 2.75) is 156 Å². The first kappa shape index (κ1) is 98.8. The zero-order valence-electron chi connectivity index (χ0n) is 83.4. The number of imidazole rings is 4. The quantitative estimate of drug-likeness (QED) is 0.0640. The molecule has 16 heterocycles. The van der Waals surface area contributed by atoms with Gasteiger partial charge in [-0.05, 0) is 119 Å². The van der Waals surface area contributed by atoms with Crippen LogP contribution in [0.2, 0.25) is 0 Å². The van der Waals surface area contributed by atoms with Gasteiger partial charge in [-0.2, -0.15) is 52.7 Å². The van der Waals surface area contributed by atoms with Gasteiger partial charge in [-0.15, -0.1) is 0 Å². The van der Waals surface area contributed by atoms with Crippen molar-refractivity contribution in [3.05, 3.63) is 309 Å². The lowest BCUT2D eigenvalue weighted by Crippen LogP contribution is -2.27. The van der Waals surface area contributed by atoms with Gasteiger partial charge in [-0.3, -0.25) is 58.7 Å². The van der Waals surface area contributed by atoms with E-state index in [-0.39, 0.29) is 144 Å². The van der Waals surface area contributed by atoms with E-state index in [1.807, 2.05) is 79.7 Å². The topological polar surface area (TPSA) is 307 Å². The second-order valence-electron chi connectivity index (χ2n) is 36.4. The van der Waals surface area contributed by atoms with Crippen LogP contribution < -0.4 is 19.6 Å². The summed E-state index contributed by atoms with van der Waals surface area (Å²) in [5.41, 5.74) is 5.17. The lowest BCUT2D eigenvalue weighted by molar-refractivity contribution is -0.141. The fraction of sp³-hybridized carbons (Fsp3) is 0.269. The Bertz CT molecular complexity index is 7950. The number of fused-ring (bicyclic) bond motifs is 4. The minimum absolute atomic E-state index is 0.0184. The summed E-state index contributed by atoms with van der Waals surface area (Å²) in [5, 5.41) is 0. The van der Waals surface area contributed by atoms with Gasteiger partial charge >= 0.3 is 24.7 Å². The van der Waals surface area contributed by atoms with E-state index < -0.39 is 89.1 Å². The van der Waals surface area contributed by atoms with Crippen molar-refractivity contribution in [1.82, 2.24) is 98.0 Å². The van der Waals surface area contributed by atoms with E-state index in [1.54, 1.807) is 92.0 Å². The molecule has 0 saturated heterocycles. The lowest BCUT2D eigenvalue weighted by atomic mass is 10.0. The monoisotopic (exact) mass is 2040 g/mol. The average molecular weight is 2040 g/mol. The van der Waals surface area contributed by atoms with Crippen LogP contribution in [0.3, 0.4) is 0 Å². The maximum absolute atomic E-state index is 15.1. The fourth-order valence-corrected chi connectivity index (χ4v) is 17.3. The Morgan fingerprint density at radius 3 is 0.959 bits per heavy atom. The number of carbonyl (C=O) groups excluding carboxylic acids is 4. The molecule has 16 aromatic rings. The molecule has 0 radical (unpaired) electrons. The molecule has 0 saturated carbocycles. The number of hydrogen-bond acceptors (Lipinski definition) is 20. The highest BCUT2D eigenvalue weighted by molar-refractivity contribution is 6.03. The highest BCUT2D eigenvalue weighted by Crippen LogP contribution is 2.43. The molecule has 0 fully saturated rings. The molecule has 4 aromatic carbocycles. The van der Waals surface area contributed by atoms with E-state index >= 15 is 17.6 Å². The first-order chi connectivity index (χ1) is 71.3. The molecule has 44 heteroatoms. The van der Waals surface area contributed by atoms with E-state index in [4.69, 9.17) is 9.10 Å². The molecule has 4 aliphatic rings. The number of amides is 4. The molecule has 4 amide bonds. The Hall–Kier alpha value is -16.6. The van der Waals surface area contributed by atoms with Crippen LogP contribution in [0.5, 0.6) is 0 Å². The van der Waals surface area contributed by atoms with Crippen LogP contribution in [0.1, 0.15) is 173 Å². The number of hydrogen-bond donors (Lipinski definition) is 0. The molecule has 148 heavy (non-hydrogen) atoms. The van der Waals surface area contributed by atoms with Gasteiger partial charge in [0, 0.05) is 168 Å². The molecule has 0 unspecified atom stereocenters. The minimum atomic E-state index is -4.79. The largest absolute Gasteiger partial charge is 0.434 e. The normalized spacial score (nSPS) is 13.9. The van der Waals surface area contributed by atoms with Crippen molar-refractivity contribution < 1.29 is 93.5 Å². The summed E-state index contributed by atoms with van der Waals surface area (Å²) in [7, 11) is 4.00. The standard InChI is InChI=1S/C26H21F5N6O.2C26H22F4N6O.C26H23F3N6O/c1-13(2)22-16(5-4-6-32-22)23-33-10-15-9-20(38)37(24(15)35-23)11-14-7-17(27)21(18(28)8-14)25-34-19(12-36(25)3)26(29,30)31;1-14(2)22-18(5-4-8-31-22)23-32-11-17-10-21(37)36(25(17)34-23)12-16-7-6-15(9-19(16)27)24-33-20(13-35(24)3)26(28,29)30;1-14(2)22-18(5-4-8-31-22)23-32-11-16-10-21(37)36(24(16)34-23)12-15-6-7-17(19(27)9-15)25-33-20(13-35(25)3)26(28,29)30;1-15(2)22-19(5-4-10-30-22)23-31-12-18-11-21(36)35(25(18)33-23)13-16-6-8-17(9-7-16)24-32-20(14-34(24)3)26(27,28)29/h4-8,10,12-13H,9,11H2,1-3H3;2*4-9,11,13-14H,10,12H2,1-3H3;4-10,12,14-15H,11,13H2,1-3H3/i;;;3D3. The van der Waals surface area contributed by atoms with Gasteiger partial charge in [-0.25, -0.2) is 77.4 Å². The Kier molecular flexibility index (Phi) is 27.2. The Balaban J connectivity index is 0.000000137. The van der Waals surface area contributed by atoms with Crippen molar-refractivity contribution in [2.24, 2.45) is 28.1 Å². The number of aromatic nitrogens is 20. The third kappa shape index (κ3) is 21.4. The Morgan fingerprint density at radius 2 is 0.615 bits per heavy atom. The second-order valence-corrected chi connectivity index (χ2v) is 36.4. The van der Waals surface area contributed by atoms with Gasteiger partial charge in [0.1, 0.15) is 69.8 Å². The number of anilines is 4. The van der Waals surface area contributed by atoms with Gasteiger partial charge in [-0.1, -0.05) is 97.9 Å². The van der Waals surface area contributed by atoms with Gasteiger partial charge in [0.2, 0.25) is 23.6 Å². The van der Waals surface area contributed by atoms with Crippen molar-refractivity contribution in [3.8, 4) is 91.1 Å². The second kappa shape index (κ2) is 40.8. The van der Waals surface area contributed by atoms with Crippen molar-refractivity contribution in [2.75, 3.05) is 19.6 Å². The zero-order chi connectivity index (χ0) is 108. The summed E-state index contributed by atoms with van der Waals surface area (Å²) in [6, 6.07) is 30.9. The van der Waals surface area contributed by atoms with E-state index in [9.17, 15) is 71.9 Å². The van der Waals surface area contributed by atoms with E-state index in [0.29, 0.717) is 102 Å². The van der Waals surface area contributed by atoms with Gasteiger partial charge in [0.05, 0.1) is 85.8 Å². The molecule has 28 nitrogen and oxygen atoms in total. The number of rotatable bonds is 20. The molecule has 0 bridgehead atoms. The zero-order valence-corrected chi connectivity index (χ0v) is 80.4. The van der Waals surface area contributed by atoms with Gasteiger partial charge in [0.15, 0.2) is 46.1 Å². The van der Waals surface area contributed by atoms with Crippen LogP contribution >= 0.6 is 0 Å². The predicted octanol–water partition coefficient (Wildman–Crippen LogP) is 21.2. The van der Waals surface area contributed by atoms with Crippen LogP contribution in [-0.2, 0) is 124 Å². The van der Waals surface area contributed by atoms with Crippen molar-refractivity contribution in [3.63, 3.8) is 0 Å². The number of nitrogens with zero attached hydrogens (tertiary/aromatic N) is 24. The number of benzene rings is 4. The van der Waals surface area contributed by atoms with E-state index in [2.05, 4.69) is 74.8 Å². The van der Waals surface area contributed by atoms with Crippen LogP contribution in [0.15, 0.2) is 196 Å². The predicted molar refractivity (Wildman–Crippen MR) is 511 cm³/mol. The van der Waals surface area contributed by atoms with E-state index in [1.165, 1.54) is 81.7 Å². The molecular weight excluding hydrogens is 1950 g/mol. The molecule has 0 aliphatic carbocycles. The molecule has 20 rings (SSSR count). The fourth-order valence-electron chi connectivity index (χ4n) is 17.3. The first-order valence-electron chi connectivity index (χ1n) is 47.4. The molecule has 0 N–H and O–H groups in total. The number of pyridine rings is 4. The number of alkyl halides is 12. The molecule has 0 atom stereocenters. The minimum Gasteiger partial charge on any atom is -0.333 e. The maximum Gasteiger partial charge on any atom is 0.434 e. The average Bonchev–Trinajstić information content (AvgIpc) is 1.57. The number of halogens is 16. The molecule has 4 aliphatic heterocycles. The highest BCUT2D eigenvalue weighted by Gasteiger charge is 2.42. The Morgan fingerprint density at radius 1 is 0.311 bits per heavy atom. The number of carbonyl (C=O) groups is 4. The molecular formula is C104H88F16N24O4. The molecule has 0 spiro atoms.